The van der Waals surface area contributed by atoms with E-state index in [9.17, 15) is 0 Å². The van der Waals surface area contributed by atoms with Gasteiger partial charge in [-0.25, -0.2) is 4.57 Å². The lowest BCUT2D eigenvalue weighted by Gasteiger charge is -2.20. The van der Waals surface area contributed by atoms with E-state index >= 15 is 0 Å². The van der Waals surface area contributed by atoms with Gasteiger partial charge in [0.2, 0.25) is 0 Å². The minimum absolute atomic E-state index is 0.890. The van der Waals surface area contributed by atoms with Gasteiger partial charge in [0, 0.05) is 11.4 Å². The summed E-state index contributed by atoms with van der Waals surface area (Å²) < 4.78 is 2.25. The fourth-order valence-electron chi connectivity index (χ4n) is 4.01. The third-order valence-electron chi connectivity index (χ3n) is 5.75. The summed E-state index contributed by atoms with van der Waals surface area (Å²) in [5, 5.41) is 1.28. The van der Waals surface area contributed by atoms with Crippen molar-refractivity contribution in [2.24, 2.45) is 0 Å². The number of hydrogen-bond acceptors (Lipinski definition) is 3. The Labute approximate surface area is 190 Å². The van der Waals surface area contributed by atoms with Crippen LogP contribution in [-0.4, -0.2) is 11.5 Å². The van der Waals surface area contributed by atoms with Gasteiger partial charge in [0.05, 0.1) is 28.9 Å². The van der Waals surface area contributed by atoms with E-state index in [1.54, 1.807) is 0 Å². The first-order valence-corrected chi connectivity index (χ1v) is 12.3. The molecule has 1 aromatic heterocycles. The van der Waals surface area contributed by atoms with Crippen LogP contribution < -0.4 is 9.47 Å². The molecule has 0 unspecified atom stereocenters. The Morgan fingerprint density at radius 1 is 0.903 bits per heavy atom. The van der Waals surface area contributed by atoms with Gasteiger partial charge in [-0.15, -0.1) is 0 Å². The molecular weight excluding hydrogens is 398 g/mol. The Balaban J connectivity index is 1.60. The van der Waals surface area contributed by atoms with Crippen LogP contribution in [0.1, 0.15) is 51.8 Å². The van der Waals surface area contributed by atoms with E-state index in [-0.39, 0.29) is 0 Å². The lowest BCUT2D eigenvalue weighted by Crippen LogP contribution is -2.37. The number of anilines is 1. The van der Waals surface area contributed by atoms with E-state index in [0.29, 0.717) is 0 Å². The first-order chi connectivity index (χ1) is 15.3. The molecule has 31 heavy (non-hydrogen) atoms. The van der Waals surface area contributed by atoms with Crippen LogP contribution in [0.3, 0.4) is 0 Å². The minimum atomic E-state index is 0.890. The summed E-state index contributed by atoms with van der Waals surface area (Å²) in [4.78, 5) is 8.68. The molecule has 160 valence electrons. The summed E-state index contributed by atoms with van der Waals surface area (Å²) in [5.41, 5.74) is 3.69. The molecule has 0 spiro atoms. The quantitative estimate of drug-likeness (QED) is 0.271. The van der Waals surface area contributed by atoms with Gasteiger partial charge in [-0.2, -0.15) is 0 Å². The second kappa shape index (κ2) is 10.6. The van der Waals surface area contributed by atoms with Gasteiger partial charge in [0.25, 0.3) is 0 Å². The highest BCUT2D eigenvalue weighted by molar-refractivity contribution is 8.03. The van der Waals surface area contributed by atoms with E-state index in [2.05, 4.69) is 90.2 Å². The molecule has 1 aliphatic rings. The predicted octanol–water partition coefficient (Wildman–Crippen LogP) is 6.94. The zero-order valence-corrected chi connectivity index (χ0v) is 19.4. The van der Waals surface area contributed by atoms with Gasteiger partial charge in [0.15, 0.2) is 6.20 Å². The number of unbranched alkanes of at least 4 members (excludes halogenated alkanes) is 4. The summed E-state index contributed by atoms with van der Waals surface area (Å²) in [6, 6.07) is 19.2. The Hall–Kier alpha value is -2.59. The number of benzene rings is 2. The summed E-state index contributed by atoms with van der Waals surface area (Å²) in [7, 11) is 0. The number of rotatable bonds is 9. The number of hydrogen-bond donors (Lipinski definition) is 0. The van der Waals surface area contributed by atoms with Crippen LogP contribution in [0.4, 0.5) is 5.69 Å². The highest BCUT2D eigenvalue weighted by Crippen LogP contribution is 2.46. The smallest absolute Gasteiger partial charge is 0.325 e. The van der Waals surface area contributed by atoms with Crippen molar-refractivity contribution < 1.29 is 4.57 Å². The maximum absolute atomic E-state index is 4.85. The largest absolute Gasteiger partial charge is 0.335 e. The van der Waals surface area contributed by atoms with Gasteiger partial charge in [-0.1, -0.05) is 86.8 Å². The van der Waals surface area contributed by atoms with Crippen LogP contribution in [0.15, 0.2) is 76.9 Å². The molecule has 0 fully saturated rings. The molecule has 0 radical (unpaired) electrons. The van der Waals surface area contributed by atoms with Crippen LogP contribution in [0, 0.1) is 0 Å². The Morgan fingerprint density at radius 2 is 1.68 bits per heavy atom. The molecule has 0 saturated heterocycles. The number of nitrogens with zero attached hydrogens (tertiary/aromatic N) is 3. The fraction of sp³-hybridized carbons (Fsp3) is 0.333. The normalized spacial score (nSPS) is 14.3. The molecule has 0 saturated carbocycles. The summed E-state index contributed by atoms with van der Waals surface area (Å²) in [5.74, 6) is 1.01. The van der Waals surface area contributed by atoms with Gasteiger partial charge in [-0.3, -0.25) is 0 Å². The SMILES string of the molecule is CCCCCCCN1C(=Cc2ncc(-c3ccccc3)c[n+]2CC)Sc2ccccc21. The molecule has 0 bridgehead atoms. The average Bonchev–Trinajstić information content (AvgIpc) is 3.17. The molecule has 0 amide bonds. The molecular formula is C27H32N3S+. The van der Waals surface area contributed by atoms with E-state index in [0.717, 1.165) is 24.5 Å². The predicted molar refractivity (Wildman–Crippen MR) is 132 cm³/mol. The zero-order chi connectivity index (χ0) is 21.5. The molecule has 4 rings (SSSR count). The van der Waals surface area contributed by atoms with Crippen LogP contribution in [0.2, 0.25) is 0 Å². The Bertz CT molecular complexity index is 1030. The molecule has 2 heterocycles. The monoisotopic (exact) mass is 430 g/mol. The van der Waals surface area contributed by atoms with Crippen LogP contribution in [0.25, 0.3) is 17.2 Å². The third kappa shape index (κ3) is 5.19. The van der Waals surface area contributed by atoms with Crippen molar-refractivity contribution in [1.29, 1.82) is 0 Å². The lowest BCUT2D eigenvalue weighted by atomic mass is 10.1. The molecule has 0 atom stereocenters. The summed E-state index contributed by atoms with van der Waals surface area (Å²) in [6.07, 6.45) is 12.9. The first kappa shape index (κ1) is 21.6. The number of aryl methyl sites for hydroxylation is 1. The van der Waals surface area contributed by atoms with Crippen molar-refractivity contribution >= 4 is 23.5 Å². The van der Waals surface area contributed by atoms with Crippen molar-refractivity contribution in [2.75, 3.05) is 11.4 Å². The number of fused-ring (bicyclic) bond motifs is 1. The highest BCUT2D eigenvalue weighted by atomic mass is 32.2. The van der Waals surface area contributed by atoms with Crippen LogP contribution >= 0.6 is 11.8 Å². The fourth-order valence-corrected chi connectivity index (χ4v) is 5.12. The number of para-hydroxylation sites is 1. The van der Waals surface area contributed by atoms with E-state index in [4.69, 9.17) is 4.98 Å². The van der Waals surface area contributed by atoms with E-state index in [1.165, 1.54) is 53.3 Å². The summed E-state index contributed by atoms with van der Waals surface area (Å²) in [6.45, 7) is 6.41. The van der Waals surface area contributed by atoms with Crippen LogP contribution in [-0.2, 0) is 6.54 Å². The molecule has 2 aromatic carbocycles. The standard InChI is InChI=1S/C27H32N3S/c1-3-5-6-7-13-18-30-24-16-11-12-17-25(24)31-27(30)19-26-28-20-23(21-29(26)4-2)22-14-9-8-10-15-22/h8-12,14-17,19-21H,3-7,13,18H2,1-2H3/q+1. The number of aromatic nitrogens is 2. The van der Waals surface area contributed by atoms with Crippen molar-refractivity contribution in [3.63, 3.8) is 0 Å². The number of thioether (sulfide) groups is 1. The lowest BCUT2D eigenvalue weighted by molar-refractivity contribution is -0.697. The molecule has 0 aliphatic carbocycles. The Morgan fingerprint density at radius 3 is 2.48 bits per heavy atom. The first-order valence-electron chi connectivity index (χ1n) is 11.5. The summed E-state index contributed by atoms with van der Waals surface area (Å²) >= 11 is 1.86. The molecule has 0 N–H and O–H groups in total. The van der Waals surface area contributed by atoms with Gasteiger partial charge in [0.1, 0.15) is 6.20 Å². The van der Waals surface area contributed by atoms with E-state index in [1.807, 2.05) is 18.0 Å². The van der Waals surface area contributed by atoms with Gasteiger partial charge >= 0.3 is 5.82 Å². The maximum Gasteiger partial charge on any atom is 0.325 e. The second-order valence-corrected chi connectivity index (χ2v) is 9.03. The average molecular weight is 431 g/mol. The molecule has 3 aromatic rings. The minimum Gasteiger partial charge on any atom is -0.335 e. The van der Waals surface area contributed by atoms with Crippen molar-refractivity contribution in [2.45, 2.75) is 57.4 Å². The van der Waals surface area contributed by atoms with Gasteiger partial charge < -0.3 is 4.90 Å². The van der Waals surface area contributed by atoms with Crippen molar-refractivity contribution in [1.82, 2.24) is 4.98 Å². The molecule has 4 heteroatoms. The zero-order valence-electron chi connectivity index (χ0n) is 18.6. The van der Waals surface area contributed by atoms with Crippen molar-refractivity contribution in [3.05, 3.63) is 77.8 Å². The topological polar surface area (TPSA) is 20.0 Å². The van der Waals surface area contributed by atoms with Crippen LogP contribution in [0.5, 0.6) is 0 Å². The molecule has 3 nitrogen and oxygen atoms in total. The van der Waals surface area contributed by atoms with E-state index < -0.39 is 0 Å². The van der Waals surface area contributed by atoms with Gasteiger partial charge in [-0.05, 0) is 36.0 Å². The second-order valence-electron chi connectivity index (χ2n) is 7.97. The van der Waals surface area contributed by atoms with Crippen molar-refractivity contribution in [3.8, 4) is 11.1 Å². The highest BCUT2D eigenvalue weighted by Gasteiger charge is 2.26. The molecule has 1 aliphatic heterocycles. The third-order valence-corrected chi connectivity index (χ3v) is 6.86. The maximum atomic E-state index is 4.85. The Kier molecular flexibility index (Phi) is 7.42.